The topological polar surface area (TPSA) is 17.3 Å². The Morgan fingerprint density at radius 2 is 1.68 bits per heavy atom. The van der Waals surface area contributed by atoms with E-state index in [0.717, 1.165) is 20.7 Å². The van der Waals surface area contributed by atoms with Crippen molar-refractivity contribution in [2.75, 3.05) is 0 Å². The van der Waals surface area contributed by atoms with Gasteiger partial charge in [-0.25, -0.2) is 4.98 Å². The average molecular weight is 371 g/mol. The van der Waals surface area contributed by atoms with Crippen LogP contribution in [0.2, 0.25) is 0 Å². The van der Waals surface area contributed by atoms with E-state index in [1.54, 1.807) is 11.3 Å². The third kappa shape index (κ3) is 2.02. The first-order valence-electron chi connectivity index (χ1n) is 7.19. The van der Waals surface area contributed by atoms with Crippen molar-refractivity contribution in [1.29, 1.82) is 0 Å². The number of hydrogen-bond acceptors (Lipinski definition) is 2. The van der Waals surface area contributed by atoms with E-state index in [9.17, 15) is 0 Å². The van der Waals surface area contributed by atoms with Gasteiger partial charge in [-0.1, -0.05) is 39.4 Å². The highest BCUT2D eigenvalue weighted by Gasteiger charge is 2.15. The summed E-state index contributed by atoms with van der Waals surface area (Å²) < 4.78 is 4.67. The van der Waals surface area contributed by atoms with Crippen molar-refractivity contribution in [2.45, 2.75) is 20.8 Å². The summed E-state index contributed by atoms with van der Waals surface area (Å²) in [4.78, 5) is 5.94. The van der Waals surface area contributed by atoms with Crippen LogP contribution in [0.15, 0.2) is 40.9 Å². The molecule has 2 nitrogen and oxygen atoms in total. The Labute approximate surface area is 141 Å². The number of thiazole rings is 1. The van der Waals surface area contributed by atoms with E-state index in [4.69, 9.17) is 4.98 Å². The van der Waals surface area contributed by atoms with Crippen LogP contribution in [-0.2, 0) is 0 Å². The second-order valence-electron chi connectivity index (χ2n) is 5.68. The fraction of sp³-hybridized carbons (Fsp3) is 0.167. The minimum Gasteiger partial charge on any atom is -0.287 e. The molecule has 0 bridgehead atoms. The van der Waals surface area contributed by atoms with E-state index in [-0.39, 0.29) is 0 Å². The standard InChI is InChI=1S/C18H15BrN2S/c1-10-8-15-16(9-11(10)2)22-18-20-17(12(3)21(15)18)13-4-6-14(19)7-5-13/h4-9H,1-3H3. The molecule has 0 atom stereocenters. The van der Waals surface area contributed by atoms with Gasteiger partial charge in [-0.05, 0) is 56.2 Å². The van der Waals surface area contributed by atoms with Crippen LogP contribution in [0.4, 0.5) is 0 Å². The molecule has 0 N–H and O–H groups in total. The van der Waals surface area contributed by atoms with Gasteiger partial charge in [0.05, 0.1) is 15.9 Å². The summed E-state index contributed by atoms with van der Waals surface area (Å²) >= 11 is 5.25. The smallest absolute Gasteiger partial charge is 0.195 e. The Balaban J connectivity index is 2.01. The van der Waals surface area contributed by atoms with Gasteiger partial charge < -0.3 is 0 Å². The van der Waals surface area contributed by atoms with E-state index < -0.39 is 0 Å². The van der Waals surface area contributed by atoms with Gasteiger partial charge in [-0.3, -0.25) is 4.40 Å². The maximum atomic E-state index is 4.87. The number of benzene rings is 2. The molecule has 0 aliphatic carbocycles. The van der Waals surface area contributed by atoms with Gasteiger partial charge in [-0.15, -0.1) is 0 Å². The molecule has 0 unspecified atom stereocenters. The molecule has 0 spiro atoms. The molecule has 2 heterocycles. The van der Waals surface area contributed by atoms with Crippen LogP contribution in [-0.4, -0.2) is 9.38 Å². The third-order valence-electron chi connectivity index (χ3n) is 4.21. The summed E-state index contributed by atoms with van der Waals surface area (Å²) in [7, 11) is 0. The highest BCUT2D eigenvalue weighted by atomic mass is 79.9. The third-order valence-corrected chi connectivity index (χ3v) is 5.74. The zero-order chi connectivity index (χ0) is 15.4. The zero-order valence-corrected chi connectivity index (χ0v) is 15.0. The zero-order valence-electron chi connectivity index (χ0n) is 12.6. The van der Waals surface area contributed by atoms with Crippen LogP contribution < -0.4 is 0 Å². The minimum atomic E-state index is 1.07. The van der Waals surface area contributed by atoms with Gasteiger partial charge in [0.25, 0.3) is 0 Å². The van der Waals surface area contributed by atoms with Crippen molar-refractivity contribution in [3.8, 4) is 11.3 Å². The van der Waals surface area contributed by atoms with E-state index in [2.05, 4.69) is 77.5 Å². The average Bonchev–Trinajstić information content (AvgIpc) is 2.98. The molecule has 0 saturated carbocycles. The lowest BCUT2D eigenvalue weighted by Gasteiger charge is -2.03. The fourth-order valence-electron chi connectivity index (χ4n) is 2.84. The maximum absolute atomic E-state index is 4.87. The number of aromatic nitrogens is 2. The molecule has 0 aliphatic rings. The van der Waals surface area contributed by atoms with Gasteiger partial charge >= 0.3 is 0 Å². The first kappa shape index (κ1) is 14.0. The first-order chi connectivity index (χ1) is 10.5. The summed E-state index contributed by atoms with van der Waals surface area (Å²) in [5.41, 5.74) is 7.35. The second kappa shape index (κ2) is 4.93. The van der Waals surface area contributed by atoms with Crippen LogP contribution >= 0.6 is 27.3 Å². The fourth-order valence-corrected chi connectivity index (χ4v) is 4.25. The number of hydrogen-bond donors (Lipinski definition) is 0. The highest BCUT2D eigenvalue weighted by molar-refractivity contribution is 9.10. The molecule has 0 aliphatic heterocycles. The highest BCUT2D eigenvalue weighted by Crippen LogP contribution is 2.34. The number of rotatable bonds is 1. The van der Waals surface area contributed by atoms with Crippen molar-refractivity contribution in [3.05, 3.63) is 57.7 Å². The molecule has 2 aromatic carbocycles. The van der Waals surface area contributed by atoms with E-state index in [1.807, 2.05) is 0 Å². The van der Waals surface area contributed by atoms with Crippen LogP contribution in [0, 0.1) is 20.8 Å². The lowest BCUT2D eigenvalue weighted by atomic mass is 10.1. The van der Waals surface area contributed by atoms with Crippen LogP contribution in [0.3, 0.4) is 0 Å². The van der Waals surface area contributed by atoms with Crippen LogP contribution in [0.5, 0.6) is 0 Å². The molecule has 110 valence electrons. The molecule has 0 amide bonds. The molecule has 0 saturated heterocycles. The van der Waals surface area contributed by atoms with Gasteiger partial charge in [0.1, 0.15) is 0 Å². The molecule has 0 fully saturated rings. The molecule has 2 aromatic heterocycles. The monoisotopic (exact) mass is 370 g/mol. The van der Waals surface area contributed by atoms with E-state index in [1.165, 1.54) is 27.0 Å². The first-order valence-corrected chi connectivity index (χ1v) is 8.80. The Bertz CT molecular complexity index is 1010. The number of aryl methyl sites for hydroxylation is 3. The number of halogens is 1. The summed E-state index contributed by atoms with van der Waals surface area (Å²) in [6.45, 7) is 6.48. The molecule has 22 heavy (non-hydrogen) atoms. The minimum absolute atomic E-state index is 1.07. The van der Waals surface area contributed by atoms with E-state index in [0.29, 0.717) is 0 Å². The quantitative estimate of drug-likeness (QED) is 0.407. The summed E-state index contributed by atoms with van der Waals surface area (Å²) in [5.74, 6) is 0. The largest absolute Gasteiger partial charge is 0.287 e. The lowest BCUT2D eigenvalue weighted by Crippen LogP contribution is -1.88. The van der Waals surface area contributed by atoms with Gasteiger partial charge in [0, 0.05) is 15.7 Å². The van der Waals surface area contributed by atoms with E-state index >= 15 is 0 Å². The number of nitrogens with zero attached hydrogens (tertiary/aromatic N) is 2. The molecule has 0 radical (unpaired) electrons. The maximum Gasteiger partial charge on any atom is 0.195 e. The van der Waals surface area contributed by atoms with Gasteiger partial charge in [0.15, 0.2) is 4.96 Å². The van der Waals surface area contributed by atoms with Gasteiger partial charge in [0.2, 0.25) is 0 Å². The van der Waals surface area contributed by atoms with Crippen LogP contribution in [0.1, 0.15) is 16.8 Å². The normalized spacial score (nSPS) is 11.6. The molecular weight excluding hydrogens is 356 g/mol. The molecule has 4 aromatic rings. The Morgan fingerprint density at radius 1 is 1.00 bits per heavy atom. The molecule has 4 heteroatoms. The molecule has 4 rings (SSSR count). The van der Waals surface area contributed by atoms with Crippen LogP contribution in [0.25, 0.3) is 26.4 Å². The van der Waals surface area contributed by atoms with Crippen molar-refractivity contribution < 1.29 is 0 Å². The second-order valence-corrected chi connectivity index (χ2v) is 7.60. The Kier molecular flexibility index (Phi) is 3.13. The van der Waals surface area contributed by atoms with Crippen molar-refractivity contribution >= 4 is 42.4 Å². The Morgan fingerprint density at radius 3 is 2.41 bits per heavy atom. The van der Waals surface area contributed by atoms with Crippen molar-refractivity contribution in [3.63, 3.8) is 0 Å². The predicted octanol–water partition coefficient (Wildman–Crippen LogP) is 5.90. The SMILES string of the molecule is Cc1cc2sc3nc(-c4ccc(Br)cc4)c(C)n3c2cc1C. The number of imidazole rings is 1. The van der Waals surface area contributed by atoms with Crippen molar-refractivity contribution in [2.24, 2.45) is 0 Å². The Hall–Kier alpha value is -1.65. The summed E-state index contributed by atoms with van der Waals surface area (Å²) in [6, 6.07) is 12.9. The number of fused-ring (bicyclic) bond motifs is 3. The lowest BCUT2D eigenvalue weighted by molar-refractivity contribution is 1.18. The van der Waals surface area contributed by atoms with Gasteiger partial charge in [-0.2, -0.15) is 0 Å². The van der Waals surface area contributed by atoms with Crippen molar-refractivity contribution in [1.82, 2.24) is 9.38 Å². The predicted molar refractivity (Wildman–Crippen MR) is 97.9 cm³/mol. The summed E-state index contributed by atoms with van der Waals surface area (Å²) in [6.07, 6.45) is 0. The summed E-state index contributed by atoms with van der Waals surface area (Å²) in [5, 5.41) is 0. The molecular formula is C18H15BrN2S.